The molecule has 12 heavy (non-hydrogen) atoms. The monoisotopic (exact) mass is 155 g/mol. The lowest BCUT2D eigenvalue weighted by Crippen LogP contribution is -1.78. The van der Waals surface area contributed by atoms with Gasteiger partial charge >= 0.3 is 0 Å². The summed E-state index contributed by atoms with van der Waals surface area (Å²) in [5, 5.41) is 8.74. The summed E-state index contributed by atoms with van der Waals surface area (Å²) in [5.41, 5.74) is 1.57. The fourth-order valence-corrected chi connectivity index (χ4v) is 0.934. The van der Waals surface area contributed by atoms with E-state index in [1.165, 1.54) is 0 Å². The molecular weight excluding hydrogens is 146 g/mol. The molecule has 1 aromatic rings. The van der Waals surface area contributed by atoms with E-state index in [4.69, 9.17) is 5.26 Å². The largest absolute Gasteiger partial charge is 0.192 e. The first-order valence-corrected chi connectivity index (χ1v) is 3.66. The zero-order chi connectivity index (χ0) is 8.81. The molecule has 0 aliphatic heterocycles. The van der Waals surface area contributed by atoms with E-state index in [0.29, 0.717) is 5.57 Å². The Kier molecular flexibility index (Phi) is 2.87. The molecule has 0 aromatic heterocycles. The number of nitriles is 1. The zero-order valence-corrected chi connectivity index (χ0v) is 6.70. The highest BCUT2D eigenvalue weighted by Crippen LogP contribution is 2.11. The predicted octanol–water partition coefficient (Wildman–Crippen LogP) is 2.78. The zero-order valence-electron chi connectivity index (χ0n) is 6.70. The second kappa shape index (κ2) is 4.15. The molecule has 0 atom stereocenters. The molecule has 0 unspecified atom stereocenters. The highest BCUT2D eigenvalue weighted by Gasteiger charge is 1.95. The average Bonchev–Trinajstić information content (AvgIpc) is 2.15. The molecule has 1 nitrogen and oxygen atoms in total. The van der Waals surface area contributed by atoms with E-state index < -0.39 is 0 Å². The Labute approximate surface area is 72.3 Å². The van der Waals surface area contributed by atoms with Gasteiger partial charge in [-0.3, -0.25) is 0 Å². The first kappa shape index (κ1) is 8.29. The Morgan fingerprint density at radius 2 is 2.00 bits per heavy atom. The molecule has 0 bridgehead atoms. The van der Waals surface area contributed by atoms with Crippen LogP contribution < -0.4 is 0 Å². The molecule has 1 rings (SSSR count). The van der Waals surface area contributed by atoms with Crippen LogP contribution in [0.5, 0.6) is 0 Å². The van der Waals surface area contributed by atoms with Crippen molar-refractivity contribution in [2.45, 2.75) is 0 Å². The van der Waals surface area contributed by atoms with Crippen LogP contribution in [0.3, 0.4) is 0 Å². The highest BCUT2D eigenvalue weighted by molar-refractivity contribution is 5.77. The minimum absolute atomic E-state index is 0.644. The maximum Gasteiger partial charge on any atom is 0.0997 e. The van der Waals surface area contributed by atoms with Crippen LogP contribution in [0.15, 0.2) is 49.1 Å². The molecule has 0 saturated carbocycles. The third-order valence-corrected chi connectivity index (χ3v) is 1.49. The van der Waals surface area contributed by atoms with Crippen molar-refractivity contribution in [3.63, 3.8) is 0 Å². The van der Waals surface area contributed by atoms with Gasteiger partial charge < -0.3 is 0 Å². The average molecular weight is 155 g/mol. The minimum Gasteiger partial charge on any atom is -0.192 e. The van der Waals surface area contributed by atoms with Crippen LogP contribution in [0.1, 0.15) is 5.56 Å². The third-order valence-electron chi connectivity index (χ3n) is 1.49. The molecule has 0 amide bonds. The van der Waals surface area contributed by atoms with Crippen LogP contribution in [0.25, 0.3) is 5.57 Å². The Hall–Kier alpha value is -1.81. The van der Waals surface area contributed by atoms with Crippen molar-refractivity contribution in [3.8, 4) is 6.07 Å². The predicted molar refractivity (Wildman–Crippen MR) is 50.2 cm³/mol. The lowest BCUT2D eigenvalue weighted by molar-refractivity contribution is 1.52. The van der Waals surface area contributed by atoms with E-state index >= 15 is 0 Å². The van der Waals surface area contributed by atoms with Gasteiger partial charge in [0, 0.05) is 0 Å². The lowest BCUT2D eigenvalue weighted by Gasteiger charge is -1.94. The van der Waals surface area contributed by atoms with Gasteiger partial charge in [0.15, 0.2) is 0 Å². The quantitative estimate of drug-likeness (QED) is 0.476. The van der Waals surface area contributed by atoms with E-state index in [9.17, 15) is 0 Å². The Bertz CT molecular complexity index is 328. The molecular formula is C11H9N. The normalized spacial score (nSPS) is 10.4. The second-order valence-electron chi connectivity index (χ2n) is 2.29. The van der Waals surface area contributed by atoms with E-state index in [0.717, 1.165) is 5.56 Å². The maximum absolute atomic E-state index is 8.74. The van der Waals surface area contributed by atoms with Gasteiger partial charge in [-0.25, -0.2) is 0 Å². The molecule has 1 aromatic carbocycles. The van der Waals surface area contributed by atoms with E-state index in [1.807, 2.05) is 30.3 Å². The molecule has 58 valence electrons. The van der Waals surface area contributed by atoms with Crippen LogP contribution in [0, 0.1) is 11.3 Å². The molecule has 0 N–H and O–H groups in total. The van der Waals surface area contributed by atoms with Crippen molar-refractivity contribution in [1.82, 2.24) is 0 Å². The van der Waals surface area contributed by atoms with Gasteiger partial charge in [0.2, 0.25) is 0 Å². The first-order valence-electron chi connectivity index (χ1n) is 3.66. The highest BCUT2D eigenvalue weighted by atomic mass is 14.2. The van der Waals surface area contributed by atoms with Crippen LogP contribution in [0.2, 0.25) is 0 Å². The smallest absolute Gasteiger partial charge is 0.0997 e. The van der Waals surface area contributed by atoms with Crippen molar-refractivity contribution in [2.24, 2.45) is 0 Å². The van der Waals surface area contributed by atoms with Crippen molar-refractivity contribution in [2.75, 3.05) is 0 Å². The number of nitrogens with zero attached hydrogens (tertiary/aromatic N) is 1. The topological polar surface area (TPSA) is 23.8 Å². The van der Waals surface area contributed by atoms with E-state index in [1.54, 1.807) is 12.2 Å². The summed E-state index contributed by atoms with van der Waals surface area (Å²) in [5.74, 6) is 0. The Balaban J connectivity index is 3.06. The van der Waals surface area contributed by atoms with Crippen molar-refractivity contribution in [1.29, 1.82) is 5.26 Å². The fourth-order valence-electron chi connectivity index (χ4n) is 0.934. The molecule has 0 radical (unpaired) electrons. The molecule has 0 aliphatic rings. The molecule has 1 heteroatoms. The van der Waals surface area contributed by atoms with Crippen molar-refractivity contribution in [3.05, 3.63) is 54.6 Å². The lowest BCUT2D eigenvalue weighted by atomic mass is 10.1. The summed E-state index contributed by atoms with van der Waals surface area (Å²) in [6.07, 6.45) is 3.32. The summed E-state index contributed by atoms with van der Waals surface area (Å²) in [6.45, 7) is 3.55. The number of hydrogen-bond donors (Lipinski definition) is 0. The molecule has 0 saturated heterocycles. The Morgan fingerprint density at radius 3 is 2.50 bits per heavy atom. The fraction of sp³-hybridized carbons (Fsp3) is 0. The molecule has 0 spiro atoms. The number of allylic oxidation sites excluding steroid dienone is 3. The molecule has 0 aliphatic carbocycles. The molecule has 0 fully saturated rings. The van der Waals surface area contributed by atoms with Gasteiger partial charge in [-0.2, -0.15) is 5.26 Å². The van der Waals surface area contributed by atoms with Crippen LogP contribution in [-0.4, -0.2) is 0 Å². The van der Waals surface area contributed by atoms with Crippen LogP contribution in [-0.2, 0) is 0 Å². The summed E-state index contributed by atoms with van der Waals surface area (Å²) >= 11 is 0. The first-order chi connectivity index (χ1) is 5.88. The van der Waals surface area contributed by atoms with Crippen molar-refractivity contribution < 1.29 is 0 Å². The Morgan fingerprint density at radius 1 is 1.33 bits per heavy atom. The summed E-state index contributed by atoms with van der Waals surface area (Å²) < 4.78 is 0. The SMILES string of the molecule is C=CC=C(C#N)c1ccccc1. The number of hydrogen-bond acceptors (Lipinski definition) is 1. The van der Waals surface area contributed by atoms with Gasteiger partial charge in [0.05, 0.1) is 11.6 Å². The minimum atomic E-state index is 0.644. The standard InChI is InChI=1S/C11H9N/c1-2-6-11(9-12)10-7-4-3-5-8-10/h2-8H,1H2. The van der Waals surface area contributed by atoms with E-state index in [2.05, 4.69) is 12.6 Å². The van der Waals surface area contributed by atoms with Crippen LogP contribution in [0.4, 0.5) is 0 Å². The number of rotatable bonds is 2. The van der Waals surface area contributed by atoms with Gasteiger partial charge in [0.1, 0.15) is 0 Å². The van der Waals surface area contributed by atoms with Crippen LogP contribution >= 0.6 is 0 Å². The number of benzene rings is 1. The summed E-state index contributed by atoms with van der Waals surface area (Å²) in [4.78, 5) is 0. The van der Waals surface area contributed by atoms with Gasteiger partial charge in [-0.1, -0.05) is 43.0 Å². The third kappa shape index (κ3) is 1.83. The van der Waals surface area contributed by atoms with Gasteiger partial charge in [-0.15, -0.1) is 0 Å². The maximum atomic E-state index is 8.74. The summed E-state index contributed by atoms with van der Waals surface area (Å²) in [6, 6.07) is 11.6. The van der Waals surface area contributed by atoms with Gasteiger partial charge in [0.25, 0.3) is 0 Å². The summed E-state index contributed by atoms with van der Waals surface area (Å²) in [7, 11) is 0. The van der Waals surface area contributed by atoms with Crippen molar-refractivity contribution >= 4 is 5.57 Å². The molecule has 0 heterocycles. The van der Waals surface area contributed by atoms with E-state index in [-0.39, 0.29) is 0 Å². The second-order valence-corrected chi connectivity index (χ2v) is 2.29. The van der Waals surface area contributed by atoms with Gasteiger partial charge in [-0.05, 0) is 11.6 Å².